The molecule has 3 rings (SSSR count). The van der Waals surface area contributed by atoms with Crippen LogP contribution in [0.2, 0.25) is 0 Å². The number of piperidine rings is 1. The van der Waals surface area contributed by atoms with Crippen molar-refractivity contribution >= 4 is 0 Å². The predicted molar refractivity (Wildman–Crippen MR) is 93.9 cm³/mol. The summed E-state index contributed by atoms with van der Waals surface area (Å²) < 4.78 is 0. The van der Waals surface area contributed by atoms with E-state index in [1.54, 1.807) is 0 Å². The molecule has 2 nitrogen and oxygen atoms in total. The van der Waals surface area contributed by atoms with Crippen LogP contribution in [0.25, 0.3) is 0 Å². The van der Waals surface area contributed by atoms with Gasteiger partial charge in [0.15, 0.2) is 0 Å². The maximum atomic E-state index is 3.20. The molecule has 0 saturated carbocycles. The molecule has 1 aromatic carbocycles. The molecule has 0 aliphatic carbocycles. The number of nitrogens with one attached hydrogen (secondary N) is 1. The summed E-state index contributed by atoms with van der Waals surface area (Å²) in [5.41, 5.74) is 1.52. The summed E-state index contributed by atoms with van der Waals surface area (Å²) in [5.74, 6) is 0.803. The zero-order valence-electron chi connectivity index (χ0n) is 14.0. The molecule has 0 bridgehead atoms. The van der Waals surface area contributed by atoms with Gasteiger partial charge in [-0.05, 0) is 57.4 Å². The Kier molecular flexibility index (Phi) is 9.84. The van der Waals surface area contributed by atoms with E-state index in [1.165, 1.54) is 37.9 Å². The van der Waals surface area contributed by atoms with Crippen LogP contribution in [-0.2, 0) is 0 Å². The Labute approximate surface area is 131 Å². The lowest BCUT2D eigenvalue weighted by Crippen LogP contribution is -2.29. The molecule has 0 unspecified atom stereocenters. The van der Waals surface area contributed by atoms with Gasteiger partial charge in [-0.25, -0.2) is 0 Å². The molecule has 1 N–H and O–H groups in total. The average molecular weight is 288 g/mol. The van der Waals surface area contributed by atoms with E-state index in [1.807, 2.05) is 13.8 Å². The van der Waals surface area contributed by atoms with Gasteiger partial charge in [-0.2, -0.15) is 0 Å². The molecule has 2 heteroatoms. The van der Waals surface area contributed by atoms with Crippen LogP contribution >= 0.6 is 0 Å². The Morgan fingerprint density at radius 2 is 1.67 bits per heavy atom. The van der Waals surface area contributed by atoms with Crippen LogP contribution in [0.3, 0.4) is 0 Å². The Balaban J connectivity index is 0.000000231. The van der Waals surface area contributed by atoms with Crippen molar-refractivity contribution in [3.63, 3.8) is 0 Å². The lowest BCUT2D eigenvalue weighted by atomic mass is 9.90. The Bertz CT molecular complexity index is 356. The Morgan fingerprint density at radius 3 is 2.10 bits per heavy atom. The fourth-order valence-corrected chi connectivity index (χ4v) is 2.64. The van der Waals surface area contributed by atoms with Crippen LogP contribution in [0, 0.1) is 0 Å². The van der Waals surface area contributed by atoms with Gasteiger partial charge in [-0.1, -0.05) is 56.3 Å². The van der Waals surface area contributed by atoms with Crippen molar-refractivity contribution in [2.45, 2.75) is 39.0 Å². The van der Waals surface area contributed by atoms with Crippen molar-refractivity contribution in [2.24, 2.45) is 0 Å². The minimum Gasteiger partial charge on any atom is -0.313 e. The molecule has 2 aliphatic heterocycles. The molecule has 0 radical (unpaired) electrons. The smallest absolute Gasteiger partial charge is 0.0135 e. The van der Waals surface area contributed by atoms with Gasteiger partial charge in [-0.15, -0.1) is 0 Å². The SMILES string of the molecule is C1=CCNCC1.CC.CN1CCC(c2ccccc2)CC1. The number of benzene rings is 1. The first kappa shape index (κ1) is 17.9. The maximum absolute atomic E-state index is 3.20. The molecule has 2 aliphatic rings. The maximum Gasteiger partial charge on any atom is 0.0135 e. The minimum atomic E-state index is 0.803. The van der Waals surface area contributed by atoms with Gasteiger partial charge in [0.2, 0.25) is 0 Å². The van der Waals surface area contributed by atoms with Crippen LogP contribution in [0.1, 0.15) is 44.6 Å². The van der Waals surface area contributed by atoms with Crippen molar-refractivity contribution in [3.05, 3.63) is 48.0 Å². The Morgan fingerprint density at radius 1 is 1.00 bits per heavy atom. The molecule has 2 heterocycles. The van der Waals surface area contributed by atoms with E-state index in [4.69, 9.17) is 0 Å². The van der Waals surface area contributed by atoms with Crippen LogP contribution < -0.4 is 5.32 Å². The van der Waals surface area contributed by atoms with Crippen LogP contribution in [-0.4, -0.2) is 38.1 Å². The fourth-order valence-electron chi connectivity index (χ4n) is 2.64. The van der Waals surface area contributed by atoms with E-state index in [-0.39, 0.29) is 0 Å². The molecule has 1 saturated heterocycles. The summed E-state index contributed by atoms with van der Waals surface area (Å²) in [7, 11) is 2.21. The van der Waals surface area contributed by atoms with Gasteiger partial charge in [0.05, 0.1) is 0 Å². The van der Waals surface area contributed by atoms with Crippen molar-refractivity contribution in [3.8, 4) is 0 Å². The van der Waals surface area contributed by atoms with Crippen molar-refractivity contribution in [1.82, 2.24) is 10.2 Å². The van der Waals surface area contributed by atoms with Gasteiger partial charge in [0.25, 0.3) is 0 Å². The molecule has 0 spiro atoms. The monoisotopic (exact) mass is 288 g/mol. The summed E-state index contributed by atoms with van der Waals surface area (Å²) >= 11 is 0. The van der Waals surface area contributed by atoms with E-state index in [9.17, 15) is 0 Å². The highest BCUT2D eigenvalue weighted by molar-refractivity contribution is 5.19. The van der Waals surface area contributed by atoms with Crippen LogP contribution in [0.15, 0.2) is 42.5 Å². The number of hydrogen-bond donors (Lipinski definition) is 1. The van der Waals surface area contributed by atoms with E-state index >= 15 is 0 Å². The molecule has 1 fully saturated rings. The molecule has 0 amide bonds. The Hall–Kier alpha value is -1.12. The van der Waals surface area contributed by atoms with E-state index in [0.29, 0.717) is 0 Å². The highest BCUT2D eigenvalue weighted by Gasteiger charge is 2.17. The molecule has 0 atom stereocenters. The summed E-state index contributed by atoms with van der Waals surface area (Å²) in [6.07, 6.45) is 8.21. The lowest BCUT2D eigenvalue weighted by molar-refractivity contribution is 0.255. The first-order valence-corrected chi connectivity index (χ1v) is 8.45. The summed E-state index contributed by atoms with van der Waals surface area (Å²) in [4.78, 5) is 2.42. The number of rotatable bonds is 1. The average Bonchev–Trinajstić information content (AvgIpc) is 2.60. The zero-order chi connectivity index (χ0) is 15.3. The highest BCUT2D eigenvalue weighted by atomic mass is 15.1. The summed E-state index contributed by atoms with van der Waals surface area (Å²) in [5, 5.41) is 3.20. The summed E-state index contributed by atoms with van der Waals surface area (Å²) in [6.45, 7) is 8.73. The third-order valence-electron chi connectivity index (χ3n) is 3.91. The van der Waals surface area contributed by atoms with Crippen molar-refractivity contribution in [2.75, 3.05) is 33.2 Å². The second-order valence-corrected chi connectivity index (χ2v) is 5.45. The van der Waals surface area contributed by atoms with Gasteiger partial charge < -0.3 is 10.2 Å². The van der Waals surface area contributed by atoms with Gasteiger partial charge in [0.1, 0.15) is 0 Å². The second-order valence-electron chi connectivity index (χ2n) is 5.45. The molecular weight excluding hydrogens is 256 g/mol. The second kappa shape index (κ2) is 11.5. The molecule has 21 heavy (non-hydrogen) atoms. The van der Waals surface area contributed by atoms with E-state index < -0.39 is 0 Å². The summed E-state index contributed by atoms with van der Waals surface area (Å²) in [6, 6.07) is 10.9. The van der Waals surface area contributed by atoms with Crippen LogP contribution in [0.4, 0.5) is 0 Å². The molecule has 0 aromatic heterocycles. The zero-order valence-corrected chi connectivity index (χ0v) is 14.0. The third-order valence-corrected chi connectivity index (χ3v) is 3.91. The first-order valence-electron chi connectivity index (χ1n) is 8.45. The molecule has 1 aromatic rings. The topological polar surface area (TPSA) is 15.3 Å². The van der Waals surface area contributed by atoms with E-state index in [0.717, 1.165) is 19.0 Å². The highest BCUT2D eigenvalue weighted by Crippen LogP contribution is 2.26. The normalized spacial score (nSPS) is 19.0. The number of likely N-dealkylation sites (tertiary alicyclic amines) is 1. The first-order chi connectivity index (χ1) is 10.4. The third kappa shape index (κ3) is 7.45. The van der Waals surface area contributed by atoms with Gasteiger partial charge >= 0.3 is 0 Å². The molecule has 118 valence electrons. The van der Waals surface area contributed by atoms with Crippen molar-refractivity contribution < 1.29 is 0 Å². The number of hydrogen-bond acceptors (Lipinski definition) is 2. The number of nitrogens with zero attached hydrogens (tertiary/aromatic N) is 1. The minimum absolute atomic E-state index is 0.803. The lowest BCUT2D eigenvalue weighted by Gasteiger charge is -2.29. The van der Waals surface area contributed by atoms with Crippen molar-refractivity contribution in [1.29, 1.82) is 0 Å². The molecular formula is C19H32N2. The quantitative estimate of drug-likeness (QED) is 0.784. The van der Waals surface area contributed by atoms with E-state index in [2.05, 4.69) is 59.7 Å². The van der Waals surface area contributed by atoms with Crippen LogP contribution in [0.5, 0.6) is 0 Å². The largest absolute Gasteiger partial charge is 0.313 e. The standard InChI is InChI=1S/C12H17N.C5H9N.C2H6/c1-13-9-7-12(8-10-13)11-5-3-2-4-6-11;1-2-4-6-5-3-1;1-2/h2-6,12H,7-10H2,1H3;1-2,6H,3-5H2;1-2H3. The fraction of sp³-hybridized carbons (Fsp3) is 0.579. The van der Waals surface area contributed by atoms with Gasteiger partial charge in [0, 0.05) is 6.54 Å². The predicted octanol–water partition coefficient (Wildman–Crippen LogP) is 4.06. The van der Waals surface area contributed by atoms with Gasteiger partial charge in [-0.3, -0.25) is 0 Å².